The van der Waals surface area contributed by atoms with Gasteiger partial charge in [-0.1, -0.05) is 76.1 Å². The van der Waals surface area contributed by atoms with Crippen LogP contribution in [0.3, 0.4) is 0 Å². The summed E-state index contributed by atoms with van der Waals surface area (Å²) in [5.74, 6) is 0.544. The number of fused-ring (bicyclic) bond motifs is 4. The summed E-state index contributed by atoms with van der Waals surface area (Å²) in [5, 5.41) is 9.68. The van der Waals surface area contributed by atoms with Crippen LogP contribution in [0.4, 0.5) is 0 Å². The van der Waals surface area contributed by atoms with E-state index in [0.717, 1.165) is 26.7 Å². The first-order valence-electron chi connectivity index (χ1n) is 10.7. The van der Waals surface area contributed by atoms with Crippen molar-refractivity contribution in [2.75, 3.05) is 0 Å². The Morgan fingerprint density at radius 1 is 0.970 bits per heavy atom. The van der Waals surface area contributed by atoms with Crippen molar-refractivity contribution in [2.45, 2.75) is 18.7 Å². The fourth-order valence-electron chi connectivity index (χ4n) is 4.53. The third-order valence-corrected chi connectivity index (χ3v) is 6.95. The number of rotatable bonds is 3. The number of halogens is 2. The van der Waals surface area contributed by atoms with E-state index < -0.39 is 6.23 Å². The van der Waals surface area contributed by atoms with Gasteiger partial charge >= 0.3 is 0 Å². The van der Waals surface area contributed by atoms with Crippen LogP contribution in [0.2, 0.25) is 5.02 Å². The average Bonchev–Trinajstić information content (AvgIpc) is 3.29. The van der Waals surface area contributed by atoms with Crippen LogP contribution in [0.25, 0.3) is 10.8 Å². The van der Waals surface area contributed by atoms with Crippen LogP contribution in [0.15, 0.2) is 94.5 Å². The van der Waals surface area contributed by atoms with Crippen molar-refractivity contribution in [3.8, 4) is 5.75 Å². The molecule has 2 aliphatic heterocycles. The van der Waals surface area contributed by atoms with E-state index in [0.29, 0.717) is 22.8 Å². The van der Waals surface area contributed by atoms with Gasteiger partial charge in [0.05, 0.1) is 11.8 Å². The summed E-state index contributed by atoms with van der Waals surface area (Å²) in [4.78, 5) is 13.5. The van der Waals surface area contributed by atoms with Gasteiger partial charge in [-0.3, -0.25) is 4.79 Å². The number of hydrazone groups is 1. The molecule has 0 amide bonds. The lowest BCUT2D eigenvalue weighted by Gasteiger charge is -2.37. The predicted octanol–water partition coefficient (Wildman–Crippen LogP) is 7.01. The second-order valence-electron chi connectivity index (χ2n) is 8.23. The fourth-order valence-corrected chi connectivity index (χ4v) is 4.98. The molecule has 4 nitrogen and oxygen atoms in total. The maximum Gasteiger partial charge on any atom is 0.251 e. The third-order valence-electron chi connectivity index (χ3n) is 6.19. The Morgan fingerprint density at radius 3 is 2.58 bits per heavy atom. The number of ketones is 1. The van der Waals surface area contributed by atoms with Gasteiger partial charge in [0.15, 0.2) is 0 Å². The molecule has 0 radical (unpaired) electrons. The number of carbonyl (C=O) groups is 1. The van der Waals surface area contributed by atoms with Crippen LogP contribution in [-0.2, 0) is 0 Å². The molecule has 2 atom stereocenters. The Bertz CT molecular complexity index is 1430. The minimum atomic E-state index is -0.845. The Balaban J connectivity index is 1.43. The number of carbonyl (C=O) groups excluding carboxylic acids is 1. The van der Waals surface area contributed by atoms with Crippen LogP contribution >= 0.6 is 27.5 Å². The molecule has 0 spiro atoms. The molecule has 0 bridgehead atoms. The van der Waals surface area contributed by atoms with Gasteiger partial charge in [0, 0.05) is 27.0 Å². The minimum Gasteiger partial charge on any atom is -0.461 e. The molecule has 0 N–H and O–H groups in total. The SMILES string of the molecule is O=C(c1ccc(Br)cc1)[C@H]1Oc2ccc(Cl)cc2[C@H]2CC(c3ccc4ccccc4c3)=NN12. The lowest BCUT2D eigenvalue weighted by atomic mass is 9.95. The quantitative estimate of drug-likeness (QED) is 0.275. The second-order valence-corrected chi connectivity index (χ2v) is 9.58. The van der Waals surface area contributed by atoms with E-state index in [-0.39, 0.29) is 11.8 Å². The van der Waals surface area contributed by atoms with Crippen LogP contribution in [0.1, 0.15) is 33.9 Å². The van der Waals surface area contributed by atoms with Gasteiger partial charge < -0.3 is 4.74 Å². The van der Waals surface area contributed by atoms with Crippen molar-refractivity contribution in [1.29, 1.82) is 0 Å². The molecular formula is C27H18BrClN2O2. The molecule has 2 aliphatic rings. The van der Waals surface area contributed by atoms with E-state index in [1.165, 1.54) is 5.39 Å². The third kappa shape index (κ3) is 3.62. The highest BCUT2D eigenvalue weighted by molar-refractivity contribution is 9.10. The summed E-state index contributed by atoms with van der Waals surface area (Å²) >= 11 is 9.74. The molecule has 4 aromatic rings. The van der Waals surface area contributed by atoms with Gasteiger partial charge in [-0.25, -0.2) is 5.01 Å². The lowest BCUT2D eigenvalue weighted by Crippen LogP contribution is -2.45. The summed E-state index contributed by atoms with van der Waals surface area (Å²) in [6.07, 6.45) is -0.179. The van der Waals surface area contributed by atoms with Gasteiger partial charge in [0.2, 0.25) is 5.78 Å². The van der Waals surface area contributed by atoms with Crippen LogP contribution in [0, 0.1) is 0 Å². The molecule has 0 aliphatic carbocycles. The molecule has 33 heavy (non-hydrogen) atoms. The molecule has 0 unspecified atom stereocenters. The minimum absolute atomic E-state index is 0.127. The van der Waals surface area contributed by atoms with Crippen molar-refractivity contribution < 1.29 is 9.53 Å². The zero-order valence-corrected chi connectivity index (χ0v) is 19.8. The Kier molecular flexibility index (Phi) is 4.97. The van der Waals surface area contributed by atoms with E-state index in [9.17, 15) is 4.79 Å². The molecule has 4 aromatic carbocycles. The van der Waals surface area contributed by atoms with Gasteiger partial charge in [-0.05, 0) is 52.7 Å². The fraction of sp³-hybridized carbons (Fsp3) is 0.111. The highest BCUT2D eigenvalue weighted by Gasteiger charge is 2.43. The van der Waals surface area contributed by atoms with Gasteiger partial charge in [0.1, 0.15) is 5.75 Å². The van der Waals surface area contributed by atoms with E-state index in [1.54, 1.807) is 23.2 Å². The van der Waals surface area contributed by atoms with Gasteiger partial charge in [-0.2, -0.15) is 5.10 Å². The highest BCUT2D eigenvalue weighted by atomic mass is 79.9. The summed E-state index contributed by atoms with van der Waals surface area (Å²) in [6, 6.07) is 27.3. The first kappa shape index (κ1) is 20.5. The Morgan fingerprint density at radius 2 is 1.76 bits per heavy atom. The number of ether oxygens (including phenoxy) is 1. The zero-order chi connectivity index (χ0) is 22.5. The largest absolute Gasteiger partial charge is 0.461 e. The first-order valence-corrected chi connectivity index (χ1v) is 11.8. The average molecular weight is 518 g/mol. The van der Waals surface area contributed by atoms with Crippen LogP contribution in [-0.4, -0.2) is 22.7 Å². The number of nitrogens with zero attached hydrogens (tertiary/aromatic N) is 2. The topological polar surface area (TPSA) is 41.9 Å². The zero-order valence-electron chi connectivity index (χ0n) is 17.4. The molecule has 6 heteroatoms. The predicted molar refractivity (Wildman–Crippen MR) is 134 cm³/mol. The summed E-state index contributed by atoms with van der Waals surface area (Å²) in [7, 11) is 0. The number of hydrogen-bond donors (Lipinski definition) is 0. The number of hydrogen-bond acceptors (Lipinski definition) is 4. The molecule has 0 aromatic heterocycles. The normalized spacial score (nSPS) is 19.0. The van der Waals surface area contributed by atoms with E-state index >= 15 is 0 Å². The molecule has 0 saturated carbocycles. The lowest BCUT2D eigenvalue weighted by molar-refractivity contribution is -0.00455. The number of Topliss-reactive ketones (excluding diaryl/α,β-unsaturated/α-hetero) is 1. The van der Waals surface area contributed by atoms with Crippen LogP contribution < -0.4 is 4.74 Å². The van der Waals surface area contributed by atoms with Crippen molar-refractivity contribution >= 4 is 49.8 Å². The van der Waals surface area contributed by atoms with Crippen molar-refractivity contribution in [1.82, 2.24) is 5.01 Å². The molecule has 6 rings (SSSR count). The van der Waals surface area contributed by atoms with E-state index in [1.807, 2.05) is 36.4 Å². The van der Waals surface area contributed by atoms with E-state index in [4.69, 9.17) is 21.4 Å². The smallest absolute Gasteiger partial charge is 0.251 e. The maximum absolute atomic E-state index is 13.5. The van der Waals surface area contributed by atoms with Gasteiger partial charge in [-0.15, -0.1) is 0 Å². The molecule has 0 saturated heterocycles. The molecular weight excluding hydrogens is 500 g/mol. The molecule has 0 fully saturated rings. The standard InChI is InChI=1S/C27H18BrClN2O2/c28-20-9-7-17(8-10-20)26(32)27-31-24(22-14-21(29)11-12-25(22)33-27)15-23(30-31)19-6-5-16-3-1-2-4-18(16)13-19/h1-14,24,27H,15H2/t24-,27-/m1/s1. The van der Waals surface area contributed by atoms with Gasteiger partial charge in [0.25, 0.3) is 6.23 Å². The highest BCUT2D eigenvalue weighted by Crippen LogP contribution is 2.44. The maximum atomic E-state index is 13.5. The van der Waals surface area contributed by atoms with Crippen molar-refractivity contribution in [3.05, 3.63) is 111 Å². The van der Waals surface area contributed by atoms with E-state index in [2.05, 4.69) is 46.3 Å². The monoisotopic (exact) mass is 516 g/mol. The Labute approximate surface area is 204 Å². The second kappa shape index (κ2) is 8.01. The summed E-state index contributed by atoms with van der Waals surface area (Å²) in [5.41, 5.74) is 3.49. The summed E-state index contributed by atoms with van der Waals surface area (Å²) < 4.78 is 7.12. The molecule has 162 valence electrons. The molecule has 2 heterocycles. The summed E-state index contributed by atoms with van der Waals surface area (Å²) in [6.45, 7) is 0. The van der Waals surface area contributed by atoms with Crippen LogP contribution in [0.5, 0.6) is 5.75 Å². The van der Waals surface area contributed by atoms with Crippen molar-refractivity contribution in [3.63, 3.8) is 0 Å². The Hall–Kier alpha value is -3.15. The van der Waals surface area contributed by atoms with Crippen molar-refractivity contribution in [2.24, 2.45) is 5.10 Å². The number of benzene rings is 4. The first-order chi connectivity index (χ1) is 16.1.